The van der Waals surface area contributed by atoms with Gasteiger partial charge in [0.15, 0.2) is 0 Å². The Balaban J connectivity index is 2.06. The first-order valence-corrected chi connectivity index (χ1v) is 6.05. The molecular formula is C15H16FNO2. The topological polar surface area (TPSA) is 55.5 Å². The van der Waals surface area contributed by atoms with Crippen LogP contribution in [-0.4, -0.2) is 11.7 Å². The maximum Gasteiger partial charge on any atom is 0.129 e. The Morgan fingerprint density at radius 3 is 2.68 bits per heavy atom. The summed E-state index contributed by atoms with van der Waals surface area (Å²) in [5.74, 6) is 0.286. The van der Waals surface area contributed by atoms with Gasteiger partial charge in [-0.05, 0) is 23.8 Å². The molecule has 0 heterocycles. The lowest BCUT2D eigenvalue weighted by Crippen LogP contribution is -2.11. The lowest BCUT2D eigenvalue weighted by molar-refractivity contribution is 0.186. The molecule has 2 rings (SSSR count). The zero-order valence-electron chi connectivity index (χ0n) is 10.4. The van der Waals surface area contributed by atoms with Gasteiger partial charge < -0.3 is 15.6 Å². The lowest BCUT2D eigenvalue weighted by atomic mass is 10.1. The number of ether oxygens (including phenoxy) is 1. The van der Waals surface area contributed by atoms with Crippen molar-refractivity contribution in [2.45, 2.75) is 12.7 Å². The molecule has 0 spiro atoms. The summed E-state index contributed by atoms with van der Waals surface area (Å²) in [7, 11) is 0. The molecule has 0 aliphatic heterocycles. The van der Waals surface area contributed by atoms with E-state index in [2.05, 4.69) is 0 Å². The monoisotopic (exact) mass is 261 g/mol. The molecule has 1 atom stereocenters. The summed E-state index contributed by atoms with van der Waals surface area (Å²) in [6.07, 6.45) is -0.711. The van der Waals surface area contributed by atoms with Crippen LogP contribution >= 0.6 is 0 Å². The van der Waals surface area contributed by atoms with Gasteiger partial charge in [-0.1, -0.05) is 30.3 Å². The number of hydrogen-bond donors (Lipinski definition) is 2. The van der Waals surface area contributed by atoms with E-state index < -0.39 is 6.10 Å². The second kappa shape index (κ2) is 6.31. The fourth-order valence-corrected chi connectivity index (χ4v) is 1.72. The maximum absolute atomic E-state index is 13.4. The first-order chi connectivity index (χ1) is 9.20. The minimum Gasteiger partial charge on any atom is -0.489 e. The molecule has 2 aromatic carbocycles. The molecule has 19 heavy (non-hydrogen) atoms. The minimum atomic E-state index is -0.711. The van der Waals surface area contributed by atoms with Crippen LogP contribution in [0, 0.1) is 5.82 Å². The molecule has 0 aliphatic carbocycles. The van der Waals surface area contributed by atoms with Crippen molar-refractivity contribution in [2.24, 2.45) is 5.73 Å². The number of rotatable bonds is 5. The SMILES string of the molecule is NCC(O)c1cccc(OCc2ccccc2F)c1. The van der Waals surface area contributed by atoms with Gasteiger partial charge in [0.2, 0.25) is 0 Å². The van der Waals surface area contributed by atoms with Gasteiger partial charge in [0, 0.05) is 12.1 Å². The van der Waals surface area contributed by atoms with Crippen LogP contribution in [0.1, 0.15) is 17.2 Å². The molecule has 3 nitrogen and oxygen atoms in total. The summed E-state index contributed by atoms with van der Waals surface area (Å²) >= 11 is 0. The van der Waals surface area contributed by atoms with Gasteiger partial charge in [-0.2, -0.15) is 0 Å². The molecule has 1 unspecified atom stereocenters. The van der Waals surface area contributed by atoms with Crippen LogP contribution < -0.4 is 10.5 Å². The Kier molecular flexibility index (Phi) is 4.49. The molecule has 0 bridgehead atoms. The highest BCUT2D eigenvalue weighted by atomic mass is 19.1. The smallest absolute Gasteiger partial charge is 0.129 e. The lowest BCUT2D eigenvalue weighted by Gasteiger charge is -2.11. The zero-order chi connectivity index (χ0) is 13.7. The molecular weight excluding hydrogens is 245 g/mol. The van der Waals surface area contributed by atoms with Crippen molar-refractivity contribution in [3.05, 3.63) is 65.5 Å². The average molecular weight is 261 g/mol. The van der Waals surface area contributed by atoms with E-state index in [0.717, 1.165) is 0 Å². The van der Waals surface area contributed by atoms with E-state index in [9.17, 15) is 9.50 Å². The molecule has 0 fully saturated rings. The molecule has 0 amide bonds. The number of aliphatic hydroxyl groups excluding tert-OH is 1. The van der Waals surface area contributed by atoms with E-state index in [0.29, 0.717) is 16.9 Å². The molecule has 0 radical (unpaired) electrons. The zero-order valence-corrected chi connectivity index (χ0v) is 10.4. The van der Waals surface area contributed by atoms with E-state index in [1.54, 1.807) is 42.5 Å². The average Bonchev–Trinajstić information content (AvgIpc) is 2.46. The summed E-state index contributed by atoms with van der Waals surface area (Å²) in [5, 5.41) is 9.64. The quantitative estimate of drug-likeness (QED) is 0.869. The standard InChI is InChI=1S/C15H16FNO2/c16-14-7-2-1-4-12(14)10-19-13-6-3-5-11(8-13)15(18)9-17/h1-8,15,18H,9-10,17H2. The van der Waals surface area contributed by atoms with Crippen molar-refractivity contribution in [2.75, 3.05) is 6.54 Å². The number of hydrogen-bond acceptors (Lipinski definition) is 3. The molecule has 0 aromatic heterocycles. The van der Waals surface area contributed by atoms with Crippen molar-refractivity contribution >= 4 is 0 Å². The highest BCUT2D eigenvalue weighted by Gasteiger charge is 2.07. The van der Waals surface area contributed by atoms with Crippen LogP contribution in [0.4, 0.5) is 4.39 Å². The summed E-state index contributed by atoms with van der Waals surface area (Å²) in [4.78, 5) is 0. The van der Waals surface area contributed by atoms with Gasteiger partial charge in [-0.15, -0.1) is 0 Å². The van der Waals surface area contributed by atoms with Gasteiger partial charge in [-0.25, -0.2) is 4.39 Å². The van der Waals surface area contributed by atoms with Crippen molar-refractivity contribution in [3.63, 3.8) is 0 Å². The molecule has 0 aliphatic rings. The maximum atomic E-state index is 13.4. The van der Waals surface area contributed by atoms with Crippen LogP contribution in [0.2, 0.25) is 0 Å². The van der Waals surface area contributed by atoms with Gasteiger partial charge in [0.1, 0.15) is 18.2 Å². The number of benzene rings is 2. The Morgan fingerprint density at radius 2 is 1.95 bits per heavy atom. The normalized spacial score (nSPS) is 12.2. The molecule has 3 N–H and O–H groups in total. The molecule has 0 saturated heterocycles. The van der Waals surface area contributed by atoms with Gasteiger partial charge in [-0.3, -0.25) is 0 Å². The van der Waals surface area contributed by atoms with E-state index in [-0.39, 0.29) is 19.0 Å². The van der Waals surface area contributed by atoms with Gasteiger partial charge in [0.05, 0.1) is 6.10 Å². The van der Waals surface area contributed by atoms with E-state index in [4.69, 9.17) is 10.5 Å². The first-order valence-electron chi connectivity index (χ1n) is 6.05. The van der Waals surface area contributed by atoms with Crippen LogP contribution in [0.3, 0.4) is 0 Å². The largest absolute Gasteiger partial charge is 0.489 e. The van der Waals surface area contributed by atoms with Crippen LogP contribution in [-0.2, 0) is 6.61 Å². The fraction of sp³-hybridized carbons (Fsp3) is 0.200. The van der Waals surface area contributed by atoms with Crippen molar-refractivity contribution < 1.29 is 14.2 Å². The molecule has 4 heteroatoms. The molecule has 0 saturated carbocycles. The first kappa shape index (κ1) is 13.5. The highest BCUT2D eigenvalue weighted by molar-refractivity contribution is 5.30. The van der Waals surface area contributed by atoms with Gasteiger partial charge in [0.25, 0.3) is 0 Å². The third-order valence-corrected chi connectivity index (χ3v) is 2.82. The predicted molar refractivity (Wildman–Crippen MR) is 71.2 cm³/mol. The second-order valence-electron chi connectivity index (χ2n) is 4.20. The number of nitrogens with two attached hydrogens (primary N) is 1. The summed E-state index contributed by atoms with van der Waals surface area (Å²) < 4.78 is 18.9. The summed E-state index contributed by atoms with van der Waals surface area (Å²) in [6, 6.07) is 13.5. The van der Waals surface area contributed by atoms with Crippen LogP contribution in [0.25, 0.3) is 0 Å². The predicted octanol–water partition coefficient (Wildman–Crippen LogP) is 2.40. The van der Waals surface area contributed by atoms with Crippen LogP contribution in [0.15, 0.2) is 48.5 Å². The number of aliphatic hydroxyl groups is 1. The Hall–Kier alpha value is -1.91. The second-order valence-corrected chi connectivity index (χ2v) is 4.20. The molecule has 100 valence electrons. The van der Waals surface area contributed by atoms with E-state index in [1.807, 2.05) is 0 Å². The van der Waals surface area contributed by atoms with Gasteiger partial charge >= 0.3 is 0 Å². The summed E-state index contributed by atoms with van der Waals surface area (Å²) in [6.45, 7) is 0.297. The Morgan fingerprint density at radius 1 is 1.16 bits per heavy atom. The fourth-order valence-electron chi connectivity index (χ4n) is 1.72. The van der Waals surface area contributed by atoms with Crippen molar-refractivity contribution in [1.82, 2.24) is 0 Å². The minimum absolute atomic E-state index is 0.148. The van der Waals surface area contributed by atoms with Crippen molar-refractivity contribution in [1.29, 1.82) is 0 Å². The summed E-state index contributed by atoms with van der Waals surface area (Å²) in [5.41, 5.74) is 6.58. The van der Waals surface area contributed by atoms with Crippen LogP contribution in [0.5, 0.6) is 5.75 Å². The van der Waals surface area contributed by atoms with E-state index in [1.165, 1.54) is 6.07 Å². The third kappa shape index (κ3) is 3.53. The molecule has 2 aromatic rings. The third-order valence-electron chi connectivity index (χ3n) is 2.82. The Bertz CT molecular complexity index is 545. The Labute approximate surface area is 111 Å². The van der Waals surface area contributed by atoms with Crippen molar-refractivity contribution in [3.8, 4) is 5.75 Å². The highest BCUT2D eigenvalue weighted by Crippen LogP contribution is 2.20. The van der Waals surface area contributed by atoms with E-state index >= 15 is 0 Å². The number of halogens is 1.